The van der Waals surface area contributed by atoms with Crippen LogP contribution in [0, 0.1) is 6.92 Å². The number of aromatic amines is 1. The second kappa shape index (κ2) is 7.52. The maximum Gasteiger partial charge on any atom is 0.325 e. The molecular formula is C20H21N4O2S2+. The number of hydrogen-bond acceptors (Lipinski definition) is 5. The first-order valence-corrected chi connectivity index (χ1v) is 11.2. The highest BCUT2D eigenvalue weighted by Crippen LogP contribution is 2.39. The van der Waals surface area contributed by atoms with E-state index in [0.717, 1.165) is 28.1 Å². The molecule has 3 heterocycles. The molecular weight excluding hydrogens is 392 g/mol. The Hall–Kier alpha value is -2.45. The van der Waals surface area contributed by atoms with Gasteiger partial charge in [-0.25, -0.2) is 4.90 Å². The van der Waals surface area contributed by atoms with Gasteiger partial charge in [-0.3, -0.25) is 14.6 Å². The van der Waals surface area contributed by atoms with E-state index in [9.17, 15) is 9.59 Å². The molecule has 8 heteroatoms. The van der Waals surface area contributed by atoms with Gasteiger partial charge in [0.25, 0.3) is 0 Å². The number of H-pyrrole nitrogens is 1. The lowest BCUT2D eigenvalue weighted by molar-refractivity contribution is -0.762. The molecule has 0 aliphatic carbocycles. The monoisotopic (exact) mass is 413 g/mol. The minimum atomic E-state index is -0.475. The molecule has 0 spiro atoms. The molecule has 6 nitrogen and oxygen atoms in total. The van der Waals surface area contributed by atoms with Crippen LogP contribution in [0.25, 0.3) is 11.3 Å². The summed E-state index contributed by atoms with van der Waals surface area (Å²) in [6.45, 7) is 4.02. The molecule has 0 bridgehead atoms. The van der Waals surface area contributed by atoms with E-state index < -0.39 is 6.17 Å². The van der Waals surface area contributed by atoms with Gasteiger partial charge >= 0.3 is 17.4 Å². The van der Waals surface area contributed by atoms with Crippen molar-refractivity contribution in [3.63, 3.8) is 0 Å². The minimum absolute atomic E-state index is 0.0266. The van der Waals surface area contributed by atoms with Gasteiger partial charge in [0.15, 0.2) is 0 Å². The number of aryl methyl sites for hydroxylation is 1. The highest BCUT2D eigenvalue weighted by Gasteiger charge is 2.46. The van der Waals surface area contributed by atoms with Crippen LogP contribution in [0.3, 0.4) is 0 Å². The van der Waals surface area contributed by atoms with Crippen molar-refractivity contribution in [2.24, 2.45) is 0 Å². The lowest BCUT2D eigenvalue weighted by atomic mass is 10.0. The van der Waals surface area contributed by atoms with Crippen molar-refractivity contribution < 1.29 is 9.48 Å². The number of carbonyl (C=O) groups excluding carboxylic acids is 1. The van der Waals surface area contributed by atoms with Crippen molar-refractivity contribution in [1.29, 1.82) is 0 Å². The summed E-state index contributed by atoms with van der Waals surface area (Å²) in [5, 5.41) is 7.23. The second-order valence-electron chi connectivity index (χ2n) is 6.63. The molecule has 144 valence electrons. The highest BCUT2D eigenvalue weighted by atomic mass is 32.2. The predicted octanol–water partition coefficient (Wildman–Crippen LogP) is 3.51. The van der Waals surface area contributed by atoms with E-state index in [4.69, 9.17) is 5.10 Å². The predicted molar refractivity (Wildman–Crippen MR) is 112 cm³/mol. The average molecular weight is 414 g/mol. The molecule has 0 saturated heterocycles. The fraction of sp³-hybridized carbons (Fsp3) is 0.300. The first kappa shape index (κ1) is 18.9. The van der Waals surface area contributed by atoms with Gasteiger partial charge in [0.05, 0.1) is 11.3 Å². The summed E-state index contributed by atoms with van der Waals surface area (Å²) in [6, 6.07) is 9.60. The Morgan fingerprint density at radius 1 is 1.36 bits per heavy atom. The molecule has 1 aliphatic heterocycles. The Kier molecular flexibility index (Phi) is 5.07. The van der Waals surface area contributed by atoms with Crippen molar-refractivity contribution >= 4 is 34.7 Å². The van der Waals surface area contributed by atoms with Crippen molar-refractivity contribution in [1.82, 2.24) is 10.1 Å². The van der Waals surface area contributed by atoms with Crippen molar-refractivity contribution in [3.8, 4) is 11.3 Å². The Balaban J connectivity index is 2.07. The van der Waals surface area contributed by atoms with Gasteiger partial charge in [0, 0.05) is 11.5 Å². The van der Waals surface area contributed by atoms with Crippen LogP contribution in [-0.4, -0.2) is 22.2 Å². The zero-order chi connectivity index (χ0) is 19.8. The first-order valence-electron chi connectivity index (χ1n) is 9.12. The third-order valence-electron chi connectivity index (χ3n) is 4.82. The maximum atomic E-state index is 13.2. The molecule has 1 atom stereocenters. The number of thiophene rings is 1. The highest BCUT2D eigenvalue weighted by molar-refractivity contribution is 7.98. The number of nitrogens with one attached hydrogen (secondary N) is 1. The minimum Gasteiger partial charge on any atom is -0.291 e. The van der Waals surface area contributed by atoms with E-state index in [0.29, 0.717) is 17.3 Å². The molecule has 0 fully saturated rings. The van der Waals surface area contributed by atoms with Gasteiger partial charge in [-0.15, -0.1) is 11.3 Å². The van der Waals surface area contributed by atoms with Crippen LogP contribution in [0.15, 0.2) is 45.7 Å². The lowest BCUT2D eigenvalue weighted by Crippen LogP contribution is -2.60. The number of para-hydroxylation sites is 1. The van der Waals surface area contributed by atoms with Crippen LogP contribution in [0.5, 0.6) is 0 Å². The SMILES string of the molecule is CCCC(=O)N1c2ccccc2-c2c(=O)[nH]c(SC)n[n+]2[C@H]1c1sccc1C. The van der Waals surface area contributed by atoms with Gasteiger partial charge in [0.1, 0.15) is 4.88 Å². The molecule has 1 aliphatic rings. The number of thioether (sulfide) groups is 1. The molecule has 3 aromatic rings. The van der Waals surface area contributed by atoms with E-state index >= 15 is 0 Å². The molecule has 0 saturated carbocycles. The van der Waals surface area contributed by atoms with E-state index in [-0.39, 0.29) is 11.5 Å². The van der Waals surface area contributed by atoms with Crippen LogP contribution >= 0.6 is 23.1 Å². The number of fused-ring (bicyclic) bond motifs is 3. The van der Waals surface area contributed by atoms with Gasteiger partial charge in [0.2, 0.25) is 11.1 Å². The summed E-state index contributed by atoms with van der Waals surface area (Å²) in [5.41, 5.74) is 2.83. The van der Waals surface area contributed by atoms with E-state index in [1.54, 1.807) is 20.9 Å². The van der Waals surface area contributed by atoms with E-state index in [2.05, 4.69) is 4.98 Å². The number of amides is 1. The van der Waals surface area contributed by atoms with Crippen molar-refractivity contribution in [3.05, 3.63) is 56.5 Å². The number of nitrogens with zero attached hydrogens (tertiary/aromatic N) is 3. The molecule has 4 rings (SSSR count). The van der Waals surface area contributed by atoms with Crippen molar-refractivity contribution in [2.75, 3.05) is 11.2 Å². The molecule has 1 amide bonds. The number of anilines is 1. The van der Waals surface area contributed by atoms with Crippen LogP contribution in [0.4, 0.5) is 5.69 Å². The van der Waals surface area contributed by atoms with Crippen LogP contribution < -0.4 is 15.1 Å². The number of hydrogen-bond donors (Lipinski definition) is 1. The zero-order valence-corrected chi connectivity index (χ0v) is 17.6. The summed E-state index contributed by atoms with van der Waals surface area (Å²) in [6.07, 6.45) is 2.58. The van der Waals surface area contributed by atoms with Crippen LogP contribution in [-0.2, 0) is 4.79 Å². The molecule has 1 aromatic carbocycles. The molecule has 0 unspecified atom stereocenters. The topological polar surface area (TPSA) is 69.9 Å². The number of aromatic nitrogens is 3. The van der Waals surface area contributed by atoms with E-state index in [1.165, 1.54) is 11.8 Å². The van der Waals surface area contributed by atoms with Gasteiger partial charge in [-0.1, -0.05) is 30.8 Å². The number of benzene rings is 1. The summed E-state index contributed by atoms with van der Waals surface area (Å²) in [5.74, 6) is 0.0266. The standard InChI is InChI=1S/C20H20N4O2S2/c1-4-7-15(25)23-14-9-6-5-8-13(14)16-18(26)21-20(27-3)22-24(16)19(23)17-12(2)10-11-28-17/h5-6,8-11,19H,4,7H2,1-3H3/p+1/t19-/m0/s1. The Morgan fingerprint density at radius 3 is 2.82 bits per heavy atom. The smallest absolute Gasteiger partial charge is 0.291 e. The Labute approximate surface area is 171 Å². The summed E-state index contributed by atoms with van der Waals surface area (Å²) < 4.78 is 1.72. The van der Waals surface area contributed by atoms with Crippen molar-refractivity contribution in [2.45, 2.75) is 38.0 Å². The fourth-order valence-electron chi connectivity index (χ4n) is 3.56. The molecule has 1 N–H and O–H groups in total. The number of carbonyl (C=O) groups is 1. The molecule has 2 aromatic heterocycles. The fourth-order valence-corrected chi connectivity index (χ4v) is 4.92. The Bertz CT molecular complexity index is 1110. The zero-order valence-electron chi connectivity index (χ0n) is 15.9. The summed E-state index contributed by atoms with van der Waals surface area (Å²) in [7, 11) is 0. The maximum absolute atomic E-state index is 13.2. The van der Waals surface area contributed by atoms with Gasteiger partial charge < -0.3 is 0 Å². The molecule has 28 heavy (non-hydrogen) atoms. The first-order chi connectivity index (χ1) is 13.6. The molecule has 0 radical (unpaired) electrons. The van der Waals surface area contributed by atoms with Gasteiger partial charge in [-0.05, 0) is 53.4 Å². The van der Waals surface area contributed by atoms with Crippen LogP contribution in [0.1, 0.15) is 36.4 Å². The normalized spacial score (nSPS) is 15.2. The van der Waals surface area contributed by atoms with Gasteiger partial charge in [-0.2, -0.15) is 0 Å². The number of rotatable bonds is 4. The van der Waals surface area contributed by atoms with Crippen LogP contribution in [0.2, 0.25) is 0 Å². The lowest BCUT2D eigenvalue weighted by Gasteiger charge is -2.31. The average Bonchev–Trinajstić information content (AvgIpc) is 3.12. The quantitative estimate of drug-likeness (QED) is 0.525. The Morgan fingerprint density at radius 2 is 2.14 bits per heavy atom. The second-order valence-corrected chi connectivity index (χ2v) is 8.37. The largest absolute Gasteiger partial charge is 0.325 e. The van der Waals surface area contributed by atoms with E-state index in [1.807, 2.05) is 55.8 Å². The third-order valence-corrected chi connectivity index (χ3v) is 6.45. The third kappa shape index (κ3) is 2.97. The summed E-state index contributed by atoms with van der Waals surface area (Å²) in [4.78, 5) is 31.9. The summed E-state index contributed by atoms with van der Waals surface area (Å²) >= 11 is 2.95.